The molecule has 1 aliphatic carbocycles. The predicted molar refractivity (Wildman–Crippen MR) is 119 cm³/mol. The van der Waals surface area contributed by atoms with E-state index in [2.05, 4.69) is 20.6 Å². The maximum Gasteiger partial charge on any atom is 0.268 e. The molecule has 2 aromatic rings. The Morgan fingerprint density at radius 1 is 1.33 bits per heavy atom. The van der Waals surface area contributed by atoms with E-state index < -0.39 is 6.04 Å². The highest BCUT2D eigenvalue weighted by molar-refractivity contribution is 6.33. The second-order valence-corrected chi connectivity index (χ2v) is 8.04. The van der Waals surface area contributed by atoms with Crippen LogP contribution in [0.4, 0.5) is 5.82 Å². The number of aromatic amines is 1. The van der Waals surface area contributed by atoms with Gasteiger partial charge in [0, 0.05) is 40.5 Å². The number of amides is 1. The molecule has 9 heteroatoms. The van der Waals surface area contributed by atoms with Crippen molar-refractivity contribution < 1.29 is 15.0 Å². The molecule has 0 saturated carbocycles. The van der Waals surface area contributed by atoms with Crippen LogP contribution in [0.5, 0.6) is 0 Å². The van der Waals surface area contributed by atoms with Gasteiger partial charge < -0.3 is 25.8 Å². The zero-order valence-corrected chi connectivity index (χ0v) is 17.9. The molecule has 0 radical (unpaired) electrons. The number of anilines is 1. The third-order valence-electron chi connectivity index (χ3n) is 4.85. The van der Waals surface area contributed by atoms with Gasteiger partial charge in [0.15, 0.2) is 0 Å². The standard InChI is InChI=1S/C21H24Cl2N4O3/c1-12(10-28)26-20-7-16(17(23)9-25-20)14-6-18(24-8-14)21(30)27-19(11-29)13-3-2-4-15(22)5-13/h2,4-9,12-13,19,24,28-29H,3,10-11H2,1H3,(H,25,26)(H,27,30)/t12-,13?,19+/m0/s1. The smallest absolute Gasteiger partial charge is 0.268 e. The molecule has 0 aromatic carbocycles. The molecule has 7 nitrogen and oxygen atoms in total. The molecule has 1 unspecified atom stereocenters. The molecule has 1 aliphatic rings. The molecule has 0 saturated heterocycles. The molecule has 2 heterocycles. The van der Waals surface area contributed by atoms with Crippen LogP contribution in [0.15, 0.2) is 47.8 Å². The Morgan fingerprint density at radius 2 is 2.13 bits per heavy atom. The first-order chi connectivity index (χ1) is 14.4. The summed E-state index contributed by atoms with van der Waals surface area (Å²) >= 11 is 12.3. The Hall–Kier alpha value is -2.32. The Balaban J connectivity index is 1.75. The maximum atomic E-state index is 12.7. The van der Waals surface area contributed by atoms with Gasteiger partial charge in [0.25, 0.3) is 5.91 Å². The van der Waals surface area contributed by atoms with E-state index in [-0.39, 0.29) is 31.1 Å². The minimum Gasteiger partial charge on any atom is -0.394 e. The minimum atomic E-state index is -0.455. The number of rotatable bonds is 8. The molecular formula is C21H24Cl2N4O3. The summed E-state index contributed by atoms with van der Waals surface area (Å²) in [6.45, 7) is 1.60. The van der Waals surface area contributed by atoms with Gasteiger partial charge in [-0.1, -0.05) is 35.4 Å². The van der Waals surface area contributed by atoms with Gasteiger partial charge in [-0.05, 0) is 31.6 Å². The Morgan fingerprint density at radius 3 is 2.83 bits per heavy atom. The Labute approximate surface area is 184 Å². The van der Waals surface area contributed by atoms with E-state index in [1.54, 1.807) is 24.4 Å². The number of nitrogens with zero attached hydrogens (tertiary/aromatic N) is 1. The zero-order valence-electron chi connectivity index (χ0n) is 16.4. The molecule has 3 rings (SSSR count). The zero-order chi connectivity index (χ0) is 21.7. The van der Waals surface area contributed by atoms with Gasteiger partial charge in [-0.25, -0.2) is 4.98 Å². The number of aliphatic hydroxyl groups excluding tert-OH is 2. The van der Waals surface area contributed by atoms with Crippen LogP contribution in [0.3, 0.4) is 0 Å². The van der Waals surface area contributed by atoms with Crippen LogP contribution in [0.2, 0.25) is 5.02 Å². The van der Waals surface area contributed by atoms with E-state index in [0.29, 0.717) is 33.6 Å². The van der Waals surface area contributed by atoms with Crippen molar-refractivity contribution in [2.24, 2.45) is 5.92 Å². The lowest BCUT2D eigenvalue weighted by Crippen LogP contribution is -2.42. The number of pyridine rings is 1. The topological polar surface area (TPSA) is 110 Å². The largest absolute Gasteiger partial charge is 0.394 e. The summed E-state index contributed by atoms with van der Waals surface area (Å²) in [6, 6.07) is 2.83. The molecule has 0 spiro atoms. The summed E-state index contributed by atoms with van der Waals surface area (Å²) in [6.07, 6.45) is 9.44. The summed E-state index contributed by atoms with van der Waals surface area (Å²) in [5.41, 5.74) is 1.76. The first-order valence-corrected chi connectivity index (χ1v) is 10.3. The van der Waals surface area contributed by atoms with Gasteiger partial charge in [-0.2, -0.15) is 0 Å². The number of H-pyrrole nitrogens is 1. The number of nitrogens with one attached hydrogen (secondary N) is 3. The lowest BCUT2D eigenvalue weighted by atomic mass is 9.93. The lowest BCUT2D eigenvalue weighted by Gasteiger charge is -2.24. The average molecular weight is 451 g/mol. The average Bonchev–Trinajstić information content (AvgIpc) is 3.23. The number of aliphatic hydroxyl groups is 2. The monoisotopic (exact) mass is 450 g/mol. The van der Waals surface area contributed by atoms with Crippen LogP contribution in [-0.4, -0.2) is 51.4 Å². The van der Waals surface area contributed by atoms with Crippen molar-refractivity contribution in [3.8, 4) is 11.1 Å². The molecule has 30 heavy (non-hydrogen) atoms. The van der Waals surface area contributed by atoms with E-state index >= 15 is 0 Å². The third kappa shape index (κ3) is 5.43. The van der Waals surface area contributed by atoms with Crippen LogP contribution < -0.4 is 10.6 Å². The highest BCUT2D eigenvalue weighted by Gasteiger charge is 2.23. The Kier molecular flexibility index (Phi) is 7.55. The summed E-state index contributed by atoms with van der Waals surface area (Å²) < 4.78 is 0. The number of allylic oxidation sites excluding steroid dienone is 3. The molecule has 1 amide bonds. The molecule has 5 N–H and O–H groups in total. The number of halogens is 2. The molecular weight excluding hydrogens is 427 g/mol. The number of aromatic nitrogens is 2. The summed E-state index contributed by atoms with van der Waals surface area (Å²) in [5.74, 6) is 0.150. The molecule has 2 aromatic heterocycles. The van der Waals surface area contributed by atoms with Crippen molar-refractivity contribution in [1.29, 1.82) is 0 Å². The third-order valence-corrected chi connectivity index (χ3v) is 5.40. The SMILES string of the molecule is C[C@@H](CO)Nc1cc(-c2c[nH]c(C(=O)N[C@H](CO)C3C=C(Cl)C=CC3)c2)c(Cl)cn1. The Bertz CT molecular complexity index is 957. The predicted octanol–water partition coefficient (Wildman–Crippen LogP) is 3.31. The summed E-state index contributed by atoms with van der Waals surface area (Å²) in [5, 5.41) is 25.9. The normalized spacial score (nSPS) is 17.9. The fraction of sp³-hybridized carbons (Fsp3) is 0.333. The maximum absolute atomic E-state index is 12.7. The second-order valence-electron chi connectivity index (χ2n) is 7.20. The molecule has 160 valence electrons. The molecule has 0 fully saturated rings. The number of carbonyl (C=O) groups excluding carboxylic acids is 1. The number of hydrogen-bond acceptors (Lipinski definition) is 5. The van der Waals surface area contributed by atoms with Gasteiger partial charge in [-0.15, -0.1) is 0 Å². The first-order valence-electron chi connectivity index (χ1n) is 9.58. The van der Waals surface area contributed by atoms with E-state index in [1.807, 2.05) is 19.1 Å². The highest BCUT2D eigenvalue weighted by atomic mass is 35.5. The molecule has 0 bridgehead atoms. The molecule has 3 atom stereocenters. The quantitative estimate of drug-likeness (QED) is 0.423. The van der Waals surface area contributed by atoms with Gasteiger partial charge in [0.1, 0.15) is 11.5 Å². The van der Waals surface area contributed by atoms with Crippen molar-refractivity contribution in [1.82, 2.24) is 15.3 Å². The van der Waals surface area contributed by atoms with Crippen LogP contribution >= 0.6 is 23.2 Å². The second kappa shape index (κ2) is 10.1. The fourth-order valence-electron chi connectivity index (χ4n) is 3.20. The van der Waals surface area contributed by atoms with Crippen molar-refractivity contribution in [2.45, 2.75) is 25.4 Å². The number of hydrogen-bond donors (Lipinski definition) is 5. The van der Waals surface area contributed by atoms with Crippen LogP contribution in [0.25, 0.3) is 11.1 Å². The van der Waals surface area contributed by atoms with Crippen molar-refractivity contribution in [2.75, 3.05) is 18.5 Å². The minimum absolute atomic E-state index is 0.0304. The van der Waals surface area contributed by atoms with Crippen molar-refractivity contribution in [3.05, 3.63) is 58.5 Å². The van der Waals surface area contributed by atoms with Crippen molar-refractivity contribution >= 4 is 34.9 Å². The van der Waals surface area contributed by atoms with Gasteiger partial charge in [0.05, 0.1) is 24.3 Å². The van der Waals surface area contributed by atoms with Crippen LogP contribution in [0.1, 0.15) is 23.8 Å². The van der Waals surface area contributed by atoms with Gasteiger partial charge in [0.2, 0.25) is 0 Å². The first kappa shape index (κ1) is 22.4. The van der Waals surface area contributed by atoms with Crippen LogP contribution in [-0.2, 0) is 0 Å². The summed E-state index contributed by atoms with van der Waals surface area (Å²) in [4.78, 5) is 19.9. The lowest BCUT2D eigenvalue weighted by molar-refractivity contribution is 0.0895. The van der Waals surface area contributed by atoms with Crippen molar-refractivity contribution in [3.63, 3.8) is 0 Å². The van der Waals surface area contributed by atoms with E-state index in [4.69, 9.17) is 23.2 Å². The van der Waals surface area contributed by atoms with Gasteiger partial charge in [-0.3, -0.25) is 4.79 Å². The fourth-order valence-corrected chi connectivity index (χ4v) is 3.66. The van der Waals surface area contributed by atoms with E-state index in [0.717, 1.165) is 5.56 Å². The highest BCUT2D eigenvalue weighted by Crippen LogP contribution is 2.30. The van der Waals surface area contributed by atoms with Gasteiger partial charge >= 0.3 is 0 Å². The van der Waals surface area contributed by atoms with Crippen LogP contribution in [0, 0.1) is 5.92 Å². The summed E-state index contributed by atoms with van der Waals surface area (Å²) in [7, 11) is 0. The van der Waals surface area contributed by atoms with E-state index in [9.17, 15) is 15.0 Å². The van der Waals surface area contributed by atoms with E-state index in [1.165, 1.54) is 6.20 Å². The molecule has 0 aliphatic heterocycles. The number of carbonyl (C=O) groups is 1.